The highest BCUT2D eigenvalue weighted by atomic mass is 19.1. The minimum absolute atomic E-state index is 0.304. The number of anilines is 1. The molecule has 0 saturated heterocycles. The standard InChI is InChI=1S/C19H22F2N4O2/c1-11(26)22-16(19-13(20)7-4-8-14(19)21)10-18(27)23-17-9-15(24-25(17)2)12-5-3-6-12/h4,7-9,12,16H,3,5-6,10H2,1-2H3,(H,22,26)(H,23,27). The van der Waals surface area contributed by atoms with Gasteiger partial charge in [-0.25, -0.2) is 8.78 Å². The molecule has 3 rings (SSSR count). The molecule has 1 fully saturated rings. The van der Waals surface area contributed by atoms with Crippen molar-refractivity contribution in [1.29, 1.82) is 0 Å². The summed E-state index contributed by atoms with van der Waals surface area (Å²) in [4.78, 5) is 23.9. The Morgan fingerprint density at radius 2 is 1.96 bits per heavy atom. The van der Waals surface area contributed by atoms with Gasteiger partial charge in [0.1, 0.15) is 17.5 Å². The van der Waals surface area contributed by atoms with Crippen LogP contribution in [0.4, 0.5) is 14.6 Å². The van der Waals surface area contributed by atoms with Crippen molar-refractivity contribution >= 4 is 17.6 Å². The van der Waals surface area contributed by atoms with Crippen molar-refractivity contribution in [3.8, 4) is 0 Å². The van der Waals surface area contributed by atoms with Gasteiger partial charge in [0.25, 0.3) is 0 Å². The first-order valence-corrected chi connectivity index (χ1v) is 8.90. The van der Waals surface area contributed by atoms with Gasteiger partial charge in [-0.3, -0.25) is 14.3 Å². The SMILES string of the molecule is CC(=O)NC(CC(=O)Nc1cc(C2CCC2)nn1C)c1c(F)cccc1F. The molecule has 2 N–H and O–H groups in total. The highest BCUT2D eigenvalue weighted by Gasteiger charge is 2.26. The molecule has 2 aromatic rings. The smallest absolute Gasteiger partial charge is 0.227 e. The van der Waals surface area contributed by atoms with Crippen LogP contribution in [0.2, 0.25) is 0 Å². The molecule has 1 atom stereocenters. The zero-order valence-corrected chi connectivity index (χ0v) is 15.3. The molecular formula is C19H22F2N4O2. The van der Waals surface area contributed by atoms with Crippen LogP contribution in [0.1, 0.15) is 55.8 Å². The normalized spacial score (nSPS) is 15.1. The van der Waals surface area contributed by atoms with Gasteiger partial charge in [0.15, 0.2) is 0 Å². The maximum absolute atomic E-state index is 14.1. The average molecular weight is 376 g/mol. The van der Waals surface area contributed by atoms with E-state index >= 15 is 0 Å². The first-order valence-electron chi connectivity index (χ1n) is 8.90. The van der Waals surface area contributed by atoms with Crippen LogP contribution >= 0.6 is 0 Å². The van der Waals surface area contributed by atoms with E-state index in [9.17, 15) is 18.4 Å². The van der Waals surface area contributed by atoms with Crippen molar-refractivity contribution < 1.29 is 18.4 Å². The number of carbonyl (C=O) groups is 2. The van der Waals surface area contributed by atoms with Crippen LogP contribution in [0, 0.1) is 11.6 Å². The van der Waals surface area contributed by atoms with Crippen molar-refractivity contribution in [3.05, 3.63) is 47.2 Å². The topological polar surface area (TPSA) is 76.0 Å². The van der Waals surface area contributed by atoms with Crippen molar-refractivity contribution in [2.24, 2.45) is 7.05 Å². The second-order valence-electron chi connectivity index (χ2n) is 6.85. The number of carbonyl (C=O) groups excluding carboxylic acids is 2. The van der Waals surface area contributed by atoms with Gasteiger partial charge in [0.2, 0.25) is 11.8 Å². The van der Waals surface area contributed by atoms with Crippen molar-refractivity contribution in [1.82, 2.24) is 15.1 Å². The number of halogens is 2. The van der Waals surface area contributed by atoms with Gasteiger partial charge in [-0.15, -0.1) is 0 Å². The molecule has 1 heterocycles. The molecule has 1 aliphatic rings. The van der Waals surface area contributed by atoms with Crippen LogP contribution in [0.25, 0.3) is 0 Å². The first-order chi connectivity index (χ1) is 12.8. The van der Waals surface area contributed by atoms with E-state index in [1.165, 1.54) is 19.4 Å². The van der Waals surface area contributed by atoms with E-state index in [2.05, 4.69) is 15.7 Å². The molecular weight excluding hydrogens is 354 g/mol. The van der Waals surface area contributed by atoms with Crippen molar-refractivity contribution in [2.75, 3.05) is 5.32 Å². The number of aromatic nitrogens is 2. The lowest BCUT2D eigenvalue weighted by Gasteiger charge is -2.22. The molecule has 144 valence electrons. The van der Waals surface area contributed by atoms with Gasteiger partial charge in [-0.1, -0.05) is 12.5 Å². The molecule has 1 saturated carbocycles. The number of benzene rings is 1. The number of hydrogen-bond donors (Lipinski definition) is 2. The Morgan fingerprint density at radius 3 is 2.52 bits per heavy atom. The second-order valence-corrected chi connectivity index (χ2v) is 6.85. The lowest BCUT2D eigenvalue weighted by atomic mass is 9.83. The number of aryl methyl sites for hydroxylation is 1. The van der Waals surface area contributed by atoms with E-state index in [0.29, 0.717) is 11.7 Å². The maximum Gasteiger partial charge on any atom is 0.227 e. The predicted molar refractivity (Wildman–Crippen MR) is 96.0 cm³/mol. The molecule has 8 heteroatoms. The fourth-order valence-corrected chi connectivity index (χ4v) is 3.20. The molecule has 1 aromatic carbocycles. The number of amides is 2. The van der Waals surface area contributed by atoms with E-state index in [4.69, 9.17) is 0 Å². The summed E-state index contributed by atoms with van der Waals surface area (Å²) in [6.07, 6.45) is 3.04. The Morgan fingerprint density at radius 1 is 1.30 bits per heavy atom. The van der Waals surface area contributed by atoms with E-state index in [0.717, 1.165) is 30.7 Å². The van der Waals surface area contributed by atoms with Gasteiger partial charge in [0, 0.05) is 31.5 Å². The Labute approximate surface area is 155 Å². The number of rotatable bonds is 6. The van der Waals surface area contributed by atoms with Crippen LogP contribution in [-0.4, -0.2) is 21.6 Å². The van der Waals surface area contributed by atoms with E-state index in [1.807, 2.05) is 6.07 Å². The fourth-order valence-electron chi connectivity index (χ4n) is 3.20. The summed E-state index contributed by atoms with van der Waals surface area (Å²) >= 11 is 0. The van der Waals surface area contributed by atoms with Gasteiger partial charge in [0.05, 0.1) is 18.2 Å². The highest BCUT2D eigenvalue weighted by Crippen LogP contribution is 2.36. The van der Waals surface area contributed by atoms with Crippen molar-refractivity contribution in [3.63, 3.8) is 0 Å². The summed E-state index contributed by atoms with van der Waals surface area (Å²) in [5.41, 5.74) is 0.598. The van der Waals surface area contributed by atoms with Crippen molar-refractivity contribution in [2.45, 2.75) is 44.6 Å². The number of nitrogens with one attached hydrogen (secondary N) is 2. The number of hydrogen-bond acceptors (Lipinski definition) is 3. The Balaban J connectivity index is 1.75. The number of nitrogens with zero attached hydrogens (tertiary/aromatic N) is 2. The molecule has 0 radical (unpaired) electrons. The lowest BCUT2D eigenvalue weighted by molar-refractivity contribution is -0.120. The lowest BCUT2D eigenvalue weighted by Crippen LogP contribution is -2.31. The van der Waals surface area contributed by atoms with Gasteiger partial charge < -0.3 is 10.6 Å². The van der Waals surface area contributed by atoms with Crippen LogP contribution in [0.3, 0.4) is 0 Å². The summed E-state index contributed by atoms with van der Waals surface area (Å²) in [7, 11) is 1.72. The fraction of sp³-hybridized carbons (Fsp3) is 0.421. The van der Waals surface area contributed by atoms with Gasteiger partial charge >= 0.3 is 0 Å². The maximum atomic E-state index is 14.1. The van der Waals surface area contributed by atoms with E-state index in [1.54, 1.807) is 11.7 Å². The summed E-state index contributed by atoms with van der Waals surface area (Å²) in [6.45, 7) is 1.23. The second kappa shape index (κ2) is 7.85. The molecule has 27 heavy (non-hydrogen) atoms. The minimum Gasteiger partial charge on any atom is -0.349 e. The van der Waals surface area contributed by atoms with Crippen LogP contribution in [0.5, 0.6) is 0 Å². The zero-order valence-electron chi connectivity index (χ0n) is 15.3. The predicted octanol–water partition coefficient (Wildman–Crippen LogP) is 3.17. The molecule has 1 aliphatic carbocycles. The van der Waals surface area contributed by atoms with Gasteiger partial charge in [-0.2, -0.15) is 5.10 Å². The molecule has 1 aromatic heterocycles. The molecule has 0 spiro atoms. The third kappa shape index (κ3) is 4.32. The Kier molecular flexibility index (Phi) is 5.53. The first kappa shape index (κ1) is 19.0. The Hall–Kier alpha value is -2.77. The highest BCUT2D eigenvalue weighted by molar-refractivity contribution is 5.91. The third-order valence-electron chi connectivity index (χ3n) is 4.80. The molecule has 2 amide bonds. The Bertz CT molecular complexity index is 841. The van der Waals surface area contributed by atoms with E-state index < -0.39 is 29.5 Å². The molecule has 0 aliphatic heterocycles. The zero-order chi connectivity index (χ0) is 19.6. The summed E-state index contributed by atoms with van der Waals surface area (Å²) in [5.74, 6) is -1.65. The monoisotopic (exact) mass is 376 g/mol. The molecule has 0 bridgehead atoms. The molecule has 1 unspecified atom stereocenters. The summed E-state index contributed by atoms with van der Waals surface area (Å²) in [5, 5.41) is 9.57. The average Bonchev–Trinajstić information content (AvgIpc) is 2.84. The van der Waals surface area contributed by atoms with Crippen LogP contribution in [0.15, 0.2) is 24.3 Å². The third-order valence-corrected chi connectivity index (χ3v) is 4.80. The quantitative estimate of drug-likeness (QED) is 0.813. The minimum atomic E-state index is -1.11. The molecule has 6 nitrogen and oxygen atoms in total. The largest absolute Gasteiger partial charge is 0.349 e. The van der Waals surface area contributed by atoms with Crippen LogP contribution < -0.4 is 10.6 Å². The van der Waals surface area contributed by atoms with E-state index in [-0.39, 0.29) is 12.0 Å². The van der Waals surface area contributed by atoms with Crippen LogP contribution in [-0.2, 0) is 16.6 Å². The van der Waals surface area contributed by atoms with Gasteiger partial charge in [-0.05, 0) is 25.0 Å². The summed E-state index contributed by atoms with van der Waals surface area (Å²) in [6, 6.07) is 4.13. The summed E-state index contributed by atoms with van der Waals surface area (Å²) < 4.78 is 29.8.